The van der Waals surface area contributed by atoms with E-state index in [1.54, 1.807) is 32.0 Å². The SMILES string of the molecule is CCOC(=O)c1sc(-c2ccccc2F)c(C)c1N. The van der Waals surface area contributed by atoms with E-state index >= 15 is 0 Å². The lowest BCUT2D eigenvalue weighted by atomic mass is 10.1. The molecule has 2 rings (SSSR count). The lowest BCUT2D eigenvalue weighted by Gasteiger charge is -2.01. The van der Waals surface area contributed by atoms with E-state index < -0.39 is 5.97 Å². The van der Waals surface area contributed by atoms with Crippen molar-refractivity contribution in [1.29, 1.82) is 0 Å². The first kappa shape index (κ1) is 13.5. The molecule has 100 valence electrons. The van der Waals surface area contributed by atoms with Crippen LogP contribution in [0.25, 0.3) is 10.4 Å². The Bertz CT molecular complexity index is 622. The first-order chi connectivity index (χ1) is 9.06. The molecule has 1 aromatic carbocycles. The smallest absolute Gasteiger partial charge is 0.350 e. The van der Waals surface area contributed by atoms with Gasteiger partial charge >= 0.3 is 5.97 Å². The Labute approximate surface area is 114 Å². The number of ether oxygens (including phenoxy) is 1. The third-order valence-electron chi connectivity index (χ3n) is 2.77. The Balaban J connectivity index is 2.52. The van der Waals surface area contributed by atoms with Gasteiger partial charge in [-0.15, -0.1) is 11.3 Å². The van der Waals surface area contributed by atoms with Gasteiger partial charge in [0, 0.05) is 10.4 Å². The van der Waals surface area contributed by atoms with Crippen molar-refractivity contribution in [3.63, 3.8) is 0 Å². The van der Waals surface area contributed by atoms with Gasteiger partial charge in [0.25, 0.3) is 0 Å². The molecule has 2 N–H and O–H groups in total. The van der Waals surface area contributed by atoms with Crippen LogP contribution in [0.15, 0.2) is 24.3 Å². The lowest BCUT2D eigenvalue weighted by Crippen LogP contribution is -2.05. The molecule has 3 nitrogen and oxygen atoms in total. The maximum absolute atomic E-state index is 13.8. The lowest BCUT2D eigenvalue weighted by molar-refractivity contribution is 0.0533. The molecule has 19 heavy (non-hydrogen) atoms. The van der Waals surface area contributed by atoms with E-state index in [1.165, 1.54) is 6.07 Å². The first-order valence-corrected chi connectivity index (χ1v) is 6.68. The number of carbonyl (C=O) groups is 1. The van der Waals surface area contributed by atoms with Crippen LogP contribution < -0.4 is 5.73 Å². The third-order valence-corrected chi connectivity index (χ3v) is 4.09. The zero-order valence-corrected chi connectivity index (χ0v) is 11.5. The Morgan fingerprint density at radius 2 is 2.11 bits per heavy atom. The minimum atomic E-state index is -0.462. The summed E-state index contributed by atoms with van der Waals surface area (Å²) in [4.78, 5) is 12.8. The zero-order valence-electron chi connectivity index (χ0n) is 10.7. The molecule has 0 unspecified atom stereocenters. The van der Waals surface area contributed by atoms with Gasteiger partial charge in [0.1, 0.15) is 10.7 Å². The third kappa shape index (κ3) is 2.46. The second-order valence-corrected chi connectivity index (χ2v) is 5.02. The van der Waals surface area contributed by atoms with Gasteiger partial charge in [-0.2, -0.15) is 0 Å². The summed E-state index contributed by atoms with van der Waals surface area (Å²) in [7, 11) is 0. The Morgan fingerprint density at radius 1 is 1.42 bits per heavy atom. The fourth-order valence-corrected chi connectivity index (χ4v) is 2.92. The van der Waals surface area contributed by atoms with Crippen molar-refractivity contribution in [3.8, 4) is 10.4 Å². The second-order valence-electron chi connectivity index (χ2n) is 4.00. The summed E-state index contributed by atoms with van der Waals surface area (Å²) in [6, 6.07) is 6.42. The van der Waals surface area contributed by atoms with Gasteiger partial charge in [0.15, 0.2) is 0 Å². The van der Waals surface area contributed by atoms with E-state index in [1.807, 2.05) is 0 Å². The molecule has 0 fully saturated rings. The molecule has 0 amide bonds. The van der Waals surface area contributed by atoms with Crippen LogP contribution >= 0.6 is 11.3 Å². The minimum Gasteiger partial charge on any atom is -0.462 e. The van der Waals surface area contributed by atoms with Gasteiger partial charge in [-0.25, -0.2) is 9.18 Å². The van der Waals surface area contributed by atoms with Crippen LogP contribution in [-0.2, 0) is 4.74 Å². The highest BCUT2D eigenvalue weighted by Crippen LogP contribution is 2.39. The normalized spacial score (nSPS) is 10.5. The summed E-state index contributed by atoms with van der Waals surface area (Å²) < 4.78 is 18.7. The molecule has 0 saturated carbocycles. The monoisotopic (exact) mass is 279 g/mol. The number of thiophene rings is 1. The standard InChI is InChI=1S/C14H14FNO2S/c1-3-18-14(17)13-11(16)8(2)12(19-13)9-6-4-5-7-10(9)15/h4-7H,3,16H2,1-2H3. The summed E-state index contributed by atoms with van der Waals surface area (Å²) in [6.45, 7) is 3.78. The molecule has 0 spiro atoms. The predicted molar refractivity (Wildman–Crippen MR) is 74.8 cm³/mol. The van der Waals surface area contributed by atoms with Crippen molar-refractivity contribution in [2.45, 2.75) is 13.8 Å². The van der Waals surface area contributed by atoms with Crippen molar-refractivity contribution in [1.82, 2.24) is 0 Å². The Morgan fingerprint density at radius 3 is 2.74 bits per heavy atom. The molecule has 5 heteroatoms. The number of anilines is 1. The average molecular weight is 279 g/mol. The van der Waals surface area contributed by atoms with Gasteiger partial charge in [-0.3, -0.25) is 0 Å². The van der Waals surface area contributed by atoms with Crippen molar-refractivity contribution in [2.75, 3.05) is 12.3 Å². The summed E-state index contributed by atoms with van der Waals surface area (Å²) >= 11 is 1.16. The van der Waals surface area contributed by atoms with E-state index in [2.05, 4.69) is 0 Å². The van der Waals surface area contributed by atoms with Crippen molar-refractivity contribution >= 4 is 23.0 Å². The number of carbonyl (C=O) groups excluding carboxylic acids is 1. The van der Waals surface area contributed by atoms with Gasteiger partial charge in [0.2, 0.25) is 0 Å². The van der Waals surface area contributed by atoms with E-state index in [0.29, 0.717) is 26.6 Å². The molecule has 0 aliphatic carbocycles. The predicted octanol–water partition coefficient (Wildman–Crippen LogP) is 3.62. The summed E-state index contributed by atoms with van der Waals surface area (Å²) in [5, 5.41) is 0. The highest BCUT2D eigenvalue weighted by atomic mass is 32.1. The summed E-state index contributed by atoms with van der Waals surface area (Å²) in [5.41, 5.74) is 7.43. The molecule has 0 aliphatic rings. The topological polar surface area (TPSA) is 52.3 Å². The van der Waals surface area contributed by atoms with Gasteiger partial charge in [-0.1, -0.05) is 18.2 Å². The molecule has 0 saturated heterocycles. The van der Waals surface area contributed by atoms with E-state index in [4.69, 9.17) is 10.5 Å². The van der Waals surface area contributed by atoms with Crippen molar-refractivity contribution in [2.24, 2.45) is 0 Å². The van der Waals surface area contributed by atoms with Crippen LogP contribution in [0.5, 0.6) is 0 Å². The fourth-order valence-electron chi connectivity index (χ4n) is 1.78. The minimum absolute atomic E-state index is 0.282. The molecule has 2 aromatic rings. The molecule has 0 aliphatic heterocycles. The number of nitrogens with two attached hydrogens (primary N) is 1. The molecule has 1 aromatic heterocycles. The number of nitrogen functional groups attached to an aromatic ring is 1. The van der Waals surface area contributed by atoms with E-state index in [9.17, 15) is 9.18 Å². The van der Waals surface area contributed by atoms with Crippen LogP contribution in [0.1, 0.15) is 22.2 Å². The van der Waals surface area contributed by atoms with Crippen LogP contribution in [0, 0.1) is 12.7 Å². The van der Waals surface area contributed by atoms with Crippen LogP contribution in [0.2, 0.25) is 0 Å². The average Bonchev–Trinajstić information content (AvgIpc) is 2.68. The quantitative estimate of drug-likeness (QED) is 0.873. The molecule has 0 radical (unpaired) electrons. The molecule has 0 bridgehead atoms. The maximum atomic E-state index is 13.8. The zero-order chi connectivity index (χ0) is 14.0. The number of hydrogen-bond acceptors (Lipinski definition) is 4. The number of rotatable bonds is 3. The second kappa shape index (κ2) is 5.40. The van der Waals surface area contributed by atoms with Crippen LogP contribution in [0.4, 0.5) is 10.1 Å². The Hall–Kier alpha value is -1.88. The number of hydrogen-bond donors (Lipinski definition) is 1. The maximum Gasteiger partial charge on any atom is 0.350 e. The van der Waals surface area contributed by atoms with E-state index in [0.717, 1.165) is 11.3 Å². The molecular formula is C14H14FNO2S. The first-order valence-electron chi connectivity index (χ1n) is 5.87. The largest absolute Gasteiger partial charge is 0.462 e. The van der Waals surface area contributed by atoms with Crippen LogP contribution in [0.3, 0.4) is 0 Å². The highest BCUT2D eigenvalue weighted by Gasteiger charge is 2.21. The van der Waals surface area contributed by atoms with Crippen LogP contribution in [-0.4, -0.2) is 12.6 Å². The number of halogens is 1. The number of benzene rings is 1. The van der Waals surface area contributed by atoms with Gasteiger partial charge in [0.05, 0.1) is 12.3 Å². The van der Waals surface area contributed by atoms with Gasteiger partial charge in [-0.05, 0) is 25.5 Å². The van der Waals surface area contributed by atoms with E-state index in [-0.39, 0.29) is 12.4 Å². The number of esters is 1. The summed E-state index contributed by atoms with van der Waals surface area (Å²) in [5.74, 6) is -0.794. The fraction of sp³-hybridized carbons (Fsp3) is 0.214. The molecular weight excluding hydrogens is 265 g/mol. The highest BCUT2D eigenvalue weighted by molar-refractivity contribution is 7.18. The molecule has 1 heterocycles. The van der Waals surface area contributed by atoms with Crippen molar-refractivity contribution in [3.05, 3.63) is 40.5 Å². The Kier molecular flexibility index (Phi) is 3.85. The summed E-state index contributed by atoms with van der Waals surface area (Å²) in [6.07, 6.45) is 0. The van der Waals surface area contributed by atoms with Gasteiger partial charge < -0.3 is 10.5 Å². The molecule has 0 atom stereocenters. The van der Waals surface area contributed by atoms with Crippen molar-refractivity contribution < 1.29 is 13.9 Å².